The maximum atomic E-state index is 2.34. The molecule has 0 amide bonds. The standard InChI is InChI=1S/C80H56/c1-9-25-57(26-10-1)73(58-27-11-2-12-28-58)77-65-41-45-67(46-42-65)78(74(59-29-13-3-14-30-59)60-31-15-4-16-32-60)69-49-53-71(54-50-69)80(76(63-37-21-7-22-38-63)64-39-23-8-24-40-64)72-55-51-70(52-56-72)79(68-47-43-66(77)44-48-68)75(61-33-17-5-18-34-61)62-35-19-6-20-36-62/h1-56H. The summed E-state index contributed by atoms with van der Waals surface area (Å²) in [5.41, 5.74) is 27.5. The summed E-state index contributed by atoms with van der Waals surface area (Å²) in [5.74, 6) is 0. The van der Waals surface area contributed by atoms with Crippen molar-refractivity contribution in [1.82, 2.24) is 0 Å². The van der Waals surface area contributed by atoms with Gasteiger partial charge in [-0.25, -0.2) is 0 Å². The molecule has 0 heterocycles. The minimum Gasteiger partial charge on any atom is -0.0622 e. The van der Waals surface area contributed by atoms with Gasteiger partial charge in [-0.1, -0.05) is 340 Å². The van der Waals surface area contributed by atoms with Crippen LogP contribution in [0.4, 0.5) is 0 Å². The molecular weight excluding hydrogens is 961 g/mol. The third-order valence-electron chi connectivity index (χ3n) is 15.3. The van der Waals surface area contributed by atoms with E-state index in [2.05, 4.69) is 340 Å². The molecule has 0 saturated heterocycles. The molecule has 376 valence electrons. The van der Waals surface area contributed by atoms with Crippen molar-refractivity contribution < 1.29 is 0 Å². The average molecular weight is 1020 g/mol. The number of hydrogen-bond acceptors (Lipinski definition) is 0. The van der Waals surface area contributed by atoms with Gasteiger partial charge in [0.05, 0.1) is 0 Å². The Morgan fingerprint density at radius 3 is 0.312 bits per heavy atom. The van der Waals surface area contributed by atoms with Crippen LogP contribution >= 0.6 is 0 Å². The Kier molecular flexibility index (Phi) is 13.9. The normalized spacial score (nSPS) is 11.9. The first kappa shape index (κ1) is 49.2. The third kappa shape index (κ3) is 9.95. The first-order valence-corrected chi connectivity index (χ1v) is 27.6. The molecule has 7 aliphatic rings. The van der Waals surface area contributed by atoms with Gasteiger partial charge in [0.2, 0.25) is 0 Å². The molecule has 8 bridgehead atoms. The number of hydrogen-bond donors (Lipinski definition) is 0. The van der Waals surface area contributed by atoms with Crippen molar-refractivity contribution in [3.05, 3.63) is 429 Å². The Morgan fingerprint density at radius 1 is 0.113 bits per heavy atom. The van der Waals surface area contributed by atoms with Gasteiger partial charge in [-0.3, -0.25) is 0 Å². The van der Waals surface area contributed by atoms with Crippen LogP contribution in [-0.2, 0) is 0 Å². The van der Waals surface area contributed by atoms with E-state index in [0.717, 1.165) is 111 Å². The number of benzene rings is 12. The Balaban J connectivity index is 1.16. The Hall–Kier alpha value is -10.4. The molecule has 19 rings (SSSR count). The molecule has 12 aromatic rings. The fourth-order valence-corrected chi connectivity index (χ4v) is 11.7. The molecule has 0 aromatic heterocycles. The van der Waals surface area contributed by atoms with E-state index in [1.54, 1.807) is 0 Å². The second-order valence-electron chi connectivity index (χ2n) is 20.2. The van der Waals surface area contributed by atoms with Crippen molar-refractivity contribution >= 4 is 44.6 Å². The summed E-state index contributed by atoms with van der Waals surface area (Å²) < 4.78 is 0. The van der Waals surface area contributed by atoms with Crippen LogP contribution in [0.15, 0.2) is 340 Å². The molecule has 7 aliphatic carbocycles. The minimum absolute atomic E-state index is 1.12. The Bertz CT molecular complexity index is 3350. The van der Waals surface area contributed by atoms with E-state index in [1.807, 2.05) is 0 Å². The van der Waals surface area contributed by atoms with Gasteiger partial charge in [0.1, 0.15) is 0 Å². The Labute approximate surface area is 470 Å². The van der Waals surface area contributed by atoms with E-state index in [1.165, 1.54) is 22.3 Å². The average Bonchev–Trinajstić information content (AvgIpc) is 3.55. The van der Waals surface area contributed by atoms with E-state index < -0.39 is 0 Å². The summed E-state index contributed by atoms with van der Waals surface area (Å²) in [6.07, 6.45) is 0. The molecule has 0 radical (unpaired) electrons. The summed E-state index contributed by atoms with van der Waals surface area (Å²) in [4.78, 5) is 0. The zero-order valence-corrected chi connectivity index (χ0v) is 44.3. The fraction of sp³-hybridized carbons (Fsp3) is 0. The summed E-state index contributed by atoms with van der Waals surface area (Å²) in [6.45, 7) is 0. The lowest BCUT2D eigenvalue weighted by Gasteiger charge is -2.23. The highest BCUT2D eigenvalue weighted by Gasteiger charge is 2.24. The van der Waals surface area contributed by atoms with Gasteiger partial charge in [-0.05, 0) is 134 Å². The first-order chi connectivity index (χ1) is 39.7. The van der Waals surface area contributed by atoms with E-state index in [9.17, 15) is 0 Å². The van der Waals surface area contributed by atoms with Crippen LogP contribution in [0.3, 0.4) is 0 Å². The first-order valence-electron chi connectivity index (χ1n) is 27.6. The fourth-order valence-electron chi connectivity index (χ4n) is 11.7. The minimum atomic E-state index is 1.12. The molecule has 0 nitrogen and oxygen atoms in total. The van der Waals surface area contributed by atoms with Gasteiger partial charge < -0.3 is 0 Å². The molecule has 0 aliphatic heterocycles. The van der Waals surface area contributed by atoms with Crippen molar-refractivity contribution in [2.24, 2.45) is 0 Å². The molecule has 0 spiro atoms. The molecule has 0 heteroatoms. The summed E-state index contributed by atoms with van der Waals surface area (Å²) in [7, 11) is 0. The van der Waals surface area contributed by atoms with Crippen LogP contribution in [0.25, 0.3) is 44.6 Å². The summed E-state index contributed by atoms with van der Waals surface area (Å²) >= 11 is 0. The van der Waals surface area contributed by atoms with E-state index in [4.69, 9.17) is 0 Å². The van der Waals surface area contributed by atoms with E-state index in [0.29, 0.717) is 0 Å². The molecule has 80 heavy (non-hydrogen) atoms. The van der Waals surface area contributed by atoms with Crippen molar-refractivity contribution in [1.29, 1.82) is 0 Å². The van der Waals surface area contributed by atoms with Gasteiger partial charge in [0.15, 0.2) is 0 Å². The van der Waals surface area contributed by atoms with Gasteiger partial charge in [-0.2, -0.15) is 0 Å². The highest BCUT2D eigenvalue weighted by atomic mass is 14.3. The van der Waals surface area contributed by atoms with Crippen molar-refractivity contribution in [2.75, 3.05) is 0 Å². The van der Waals surface area contributed by atoms with E-state index in [-0.39, 0.29) is 0 Å². The molecular formula is C80H56. The van der Waals surface area contributed by atoms with Crippen LogP contribution < -0.4 is 0 Å². The second kappa shape index (κ2) is 22.7. The van der Waals surface area contributed by atoms with Crippen LogP contribution in [0.2, 0.25) is 0 Å². The molecule has 0 saturated carbocycles. The lowest BCUT2D eigenvalue weighted by Crippen LogP contribution is -2.02. The van der Waals surface area contributed by atoms with Gasteiger partial charge in [0, 0.05) is 0 Å². The molecule has 0 fully saturated rings. The second-order valence-corrected chi connectivity index (χ2v) is 20.2. The number of rotatable bonds is 8. The lowest BCUT2D eigenvalue weighted by molar-refractivity contribution is 1.44. The topological polar surface area (TPSA) is 0 Å². The predicted molar refractivity (Wildman–Crippen MR) is 337 cm³/mol. The Morgan fingerprint density at radius 2 is 0.212 bits per heavy atom. The largest absolute Gasteiger partial charge is 0.0622 e. The zero-order valence-electron chi connectivity index (χ0n) is 44.3. The van der Waals surface area contributed by atoms with E-state index >= 15 is 0 Å². The van der Waals surface area contributed by atoms with Gasteiger partial charge in [-0.15, -0.1) is 0 Å². The molecule has 0 unspecified atom stereocenters. The quantitative estimate of drug-likeness (QED) is 0.142. The van der Waals surface area contributed by atoms with Gasteiger partial charge >= 0.3 is 0 Å². The SMILES string of the molecule is c1ccc(C(=C2c3ccc(cc3)C(=C(c3ccccc3)c3ccccc3)c3ccc(cc3)C(=C(c3ccccc3)c3ccccc3)c3ccc(cc3)C(=C(c3ccccc3)c3ccccc3)c3ccc2cc3)c2ccccc2)cc1. The highest BCUT2D eigenvalue weighted by molar-refractivity contribution is 6.10. The van der Waals surface area contributed by atoms with Gasteiger partial charge in [0.25, 0.3) is 0 Å². The maximum Gasteiger partial charge on any atom is -0.00268 e. The summed E-state index contributed by atoms with van der Waals surface area (Å²) in [6, 6.07) is 124. The van der Waals surface area contributed by atoms with Crippen LogP contribution in [0, 0.1) is 0 Å². The maximum absolute atomic E-state index is 2.34. The van der Waals surface area contributed by atoms with Crippen LogP contribution in [-0.4, -0.2) is 0 Å². The molecule has 0 atom stereocenters. The smallest absolute Gasteiger partial charge is 0.00268 e. The monoisotopic (exact) mass is 1020 g/mol. The third-order valence-corrected chi connectivity index (χ3v) is 15.3. The summed E-state index contributed by atoms with van der Waals surface area (Å²) in [5, 5.41) is 0. The van der Waals surface area contributed by atoms with Crippen molar-refractivity contribution in [2.45, 2.75) is 0 Å². The van der Waals surface area contributed by atoms with Crippen LogP contribution in [0.5, 0.6) is 0 Å². The van der Waals surface area contributed by atoms with Crippen LogP contribution in [0.1, 0.15) is 89.0 Å². The van der Waals surface area contributed by atoms with Crippen molar-refractivity contribution in [3.63, 3.8) is 0 Å². The molecule has 12 aromatic carbocycles. The molecule has 0 N–H and O–H groups in total. The lowest BCUT2D eigenvalue weighted by atomic mass is 9.81. The zero-order chi connectivity index (χ0) is 53.5. The van der Waals surface area contributed by atoms with Crippen molar-refractivity contribution in [3.8, 4) is 0 Å². The predicted octanol–water partition coefficient (Wildman–Crippen LogP) is 20.0. The highest BCUT2D eigenvalue weighted by Crippen LogP contribution is 2.45.